The van der Waals surface area contributed by atoms with E-state index < -0.39 is 10.8 Å². The number of rotatable bonds is 6. The van der Waals surface area contributed by atoms with E-state index in [4.69, 9.17) is 22.3 Å². The van der Waals surface area contributed by atoms with Crippen molar-refractivity contribution in [2.75, 3.05) is 24.1 Å². The molecule has 0 spiro atoms. The molecule has 0 saturated carbocycles. The number of amides is 1. The fourth-order valence-electron chi connectivity index (χ4n) is 4.68. The van der Waals surface area contributed by atoms with Crippen LogP contribution in [0.1, 0.15) is 35.4 Å². The van der Waals surface area contributed by atoms with Gasteiger partial charge in [0.25, 0.3) is 5.69 Å². The molecule has 1 fully saturated rings. The Morgan fingerprint density at radius 3 is 2.57 bits per heavy atom. The predicted octanol–water partition coefficient (Wildman–Crippen LogP) is 5.28. The maximum absolute atomic E-state index is 13.1. The first-order chi connectivity index (χ1) is 16.9. The van der Waals surface area contributed by atoms with E-state index in [0.29, 0.717) is 33.2 Å². The van der Waals surface area contributed by atoms with Crippen LogP contribution in [0.3, 0.4) is 0 Å². The minimum absolute atomic E-state index is 0.0485. The van der Waals surface area contributed by atoms with Crippen LogP contribution in [0.2, 0.25) is 5.02 Å². The maximum atomic E-state index is 13.1. The van der Waals surface area contributed by atoms with Crippen molar-refractivity contribution < 1.29 is 9.72 Å². The van der Waals surface area contributed by atoms with E-state index in [1.165, 1.54) is 30.5 Å². The zero-order valence-electron chi connectivity index (χ0n) is 18.9. The summed E-state index contributed by atoms with van der Waals surface area (Å²) in [5.41, 5.74) is 9.65. The molecule has 1 atom stereocenters. The SMILES string of the molecule is Nc1ccc(C(=Nc2ccc(CN3CCCC3)cc2)C2C(=O)Nc3cc(Cl)ccc32)cc1[N+](=O)[O-]. The number of fused-ring (bicyclic) bond motifs is 1. The van der Waals surface area contributed by atoms with Crippen LogP contribution in [-0.2, 0) is 11.3 Å². The molecule has 178 valence electrons. The van der Waals surface area contributed by atoms with Crippen LogP contribution >= 0.6 is 11.6 Å². The number of nitro benzene ring substituents is 1. The lowest BCUT2D eigenvalue weighted by Gasteiger charge is -2.16. The van der Waals surface area contributed by atoms with E-state index in [2.05, 4.69) is 10.2 Å². The molecular formula is C26H24ClN5O3. The Morgan fingerprint density at radius 1 is 1.11 bits per heavy atom. The number of hydrogen-bond acceptors (Lipinski definition) is 6. The number of halogens is 1. The standard InChI is InChI=1S/C26H24ClN5O3/c27-18-6-9-20-22(14-18)30-26(33)24(20)25(17-5-10-21(28)23(13-17)32(34)35)29-19-7-3-16(4-8-19)15-31-11-1-2-12-31/h3-10,13-14,24H,1-2,11-12,15,28H2,(H,30,33). The summed E-state index contributed by atoms with van der Waals surface area (Å²) in [7, 11) is 0. The quantitative estimate of drug-likeness (QED) is 0.211. The highest BCUT2D eigenvalue weighted by Gasteiger charge is 2.36. The Morgan fingerprint density at radius 2 is 1.86 bits per heavy atom. The van der Waals surface area contributed by atoms with Gasteiger partial charge >= 0.3 is 0 Å². The number of nitrogens with one attached hydrogen (secondary N) is 1. The van der Waals surface area contributed by atoms with E-state index in [1.54, 1.807) is 24.3 Å². The zero-order valence-corrected chi connectivity index (χ0v) is 19.7. The van der Waals surface area contributed by atoms with Crippen LogP contribution in [0, 0.1) is 10.1 Å². The van der Waals surface area contributed by atoms with Gasteiger partial charge in [0.15, 0.2) is 0 Å². The van der Waals surface area contributed by atoms with Gasteiger partial charge in [0.1, 0.15) is 11.6 Å². The molecule has 0 aromatic heterocycles. The molecular weight excluding hydrogens is 466 g/mol. The summed E-state index contributed by atoms with van der Waals surface area (Å²) < 4.78 is 0. The second-order valence-electron chi connectivity index (χ2n) is 8.83. The lowest BCUT2D eigenvalue weighted by atomic mass is 9.90. The molecule has 3 aromatic carbocycles. The first-order valence-corrected chi connectivity index (χ1v) is 11.8. The molecule has 8 nitrogen and oxygen atoms in total. The molecule has 35 heavy (non-hydrogen) atoms. The van der Waals surface area contributed by atoms with Gasteiger partial charge in [-0.25, -0.2) is 0 Å². The second-order valence-corrected chi connectivity index (χ2v) is 9.27. The van der Waals surface area contributed by atoms with E-state index in [1.807, 2.05) is 24.3 Å². The van der Waals surface area contributed by atoms with Gasteiger partial charge in [0.05, 0.1) is 16.3 Å². The predicted molar refractivity (Wildman–Crippen MR) is 137 cm³/mol. The Balaban J connectivity index is 1.57. The zero-order chi connectivity index (χ0) is 24.5. The van der Waals surface area contributed by atoms with Gasteiger partial charge in [0, 0.05) is 28.9 Å². The highest BCUT2D eigenvalue weighted by molar-refractivity contribution is 6.31. The molecule has 3 aromatic rings. The van der Waals surface area contributed by atoms with Crippen molar-refractivity contribution in [3.05, 3.63) is 92.5 Å². The number of hydrogen-bond donors (Lipinski definition) is 2. The fourth-order valence-corrected chi connectivity index (χ4v) is 4.85. The molecule has 1 amide bonds. The van der Waals surface area contributed by atoms with Crippen molar-refractivity contribution in [3.63, 3.8) is 0 Å². The fraction of sp³-hybridized carbons (Fsp3) is 0.231. The van der Waals surface area contributed by atoms with E-state index >= 15 is 0 Å². The van der Waals surface area contributed by atoms with Crippen molar-refractivity contribution in [1.29, 1.82) is 0 Å². The Kier molecular flexibility index (Phi) is 6.23. The summed E-state index contributed by atoms with van der Waals surface area (Å²) in [6.07, 6.45) is 2.46. The van der Waals surface area contributed by atoms with Crippen LogP contribution in [0.5, 0.6) is 0 Å². The van der Waals surface area contributed by atoms with Gasteiger partial charge in [-0.2, -0.15) is 0 Å². The number of carbonyl (C=O) groups excluding carboxylic acids is 1. The number of nitrogens with two attached hydrogens (primary N) is 1. The van der Waals surface area contributed by atoms with Gasteiger partial charge in [0.2, 0.25) is 5.91 Å². The molecule has 2 aliphatic rings. The lowest BCUT2D eigenvalue weighted by Crippen LogP contribution is -2.22. The molecule has 0 aliphatic carbocycles. The summed E-state index contributed by atoms with van der Waals surface area (Å²) >= 11 is 6.12. The molecule has 1 saturated heterocycles. The van der Waals surface area contributed by atoms with Gasteiger partial charge in [-0.15, -0.1) is 0 Å². The molecule has 0 bridgehead atoms. The average Bonchev–Trinajstić information content (AvgIpc) is 3.45. The number of anilines is 2. The first-order valence-electron chi connectivity index (χ1n) is 11.4. The molecule has 1 unspecified atom stereocenters. The monoisotopic (exact) mass is 489 g/mol. The maximum Gasteiger partial charge on any atom is 0.292 e. The van der Waals surface area contributed by atoms with E-state index in [9.17, 15) is 14.9 Å². The van der Waals surface area contributed by atoms with Crippen molar-refractivity contribution in [2.24, 2.45) is 4.99 Å². The summed E-state index contributed by atoms with van der Waals surface area (Å²) in [6, 6.07) is 17.6. The van der Waals surface area contributed by atoms with E-state index in [0.717, 1.165) is 19.6 Å². The van der Waals surface area contributed by atoms with Crippen LogP contribution in [-0.4, -0.2) is 34.5 Å². The highest BCUT2D eigenvalue weighted by Crippen LogP contribution is 2.38. The summed E-state index contributed by atoms with van der Waals surface area (Å²) in [4.78, 5) is 31.3. The van der Waals surface area contributed by atoms with Gasteiger partial charge < -0.3 is 11.1 Å². The van der Waals surface area contributed by atoms with Crippen LogP contribution in [0.25, 0.3) is 0 Å². The lowest BCUT2D eigenvalue weighted by molar-refractivity contribution is -0.383. The minimum Gasteiger partial charge on any atom is -0.393 e. The largest absolute Gasteiger partial charge is 0.393 e. The van der Waals surface area contributed by atoms with Crippen LogP contribution < -0.4 is 11.1 Å². The third kappa shape index (κ3) is 4.76. The Bertz CT molecular complexity index is 1330. The molecule has 0 radical (unpaired) electrons. The first kappa shape index (κ1) is 23.0. The Labute approximate surface area is 207 Å². The number of carbonyl (C=O) groups is 1. The van der Waals surface area contributed by atoms with Crippen molar-refractivity contribution in [2.45, 2.75) is 25.3 Å². The number of nitrogen functional groups attached to an aromatic ring is 1. The number of nitrogens with zero attached hydrogens (tertiary/aromatic N) is 3. The normalized spacial score (nSPS) is 17.9. The highest BCUT2D eigenvalue weighted by atomic mass is 35.5. The summed E-state index contributed by atoms with van der Waals surface area (Å²) in [6.45, 7) is 3.11. The molecule has 2 heterocycles. The molecule has 9 heteroatoms. The summed E-state index contributed by atoms with van der Waals surface area (Å²) in [5, 5.41) is 14.9. The van der Waals surface area contributed by atoms with Gasteiger partial charge in [-0.05, 0) is 67.4 Å². The number of benzene rings is 3. The number of nitro groups is 1. The van der Waals surface area contributed by atoms with Crippen LogP contribution in [0.4, 0.5) is 22.7 Å². The third-order valence-corrected chi connectivity index (χ3v) is 6.67. The minimum atomic E-state index is -0.755. The third-order valence-electron chi connectivity index (χ3n) is 6.43. The molecule has 2 aliphatic heterocycles. The van der Waals surface area contributed by atoms with Crippen molar-refractivity contribution >= 4 is 46.0 Å². The molecule has 3 N–H and O–H groups in total. The average molecular weight is 490 g/mol. The summed E-state index contributed by atoms with van der Waals surface area (Å²) in [5.74, 6) is -1.03. The van der Waals surface area contributed by atoms with Crippen LogP contribution in [0.15, 0.2) is 65.7 Å². The second kappa shape index (κ2) is 9.48. The molecule has 5 rings (SSSR count). The van der Waals surface area contributed by atoms with Gasteiger partial charge in [-0.1, -0.05) is 35.9 Å². The number of likely N-dealkylation sites (tertiary alicyclic amines) is 1. The smallest absolute Gasteiger partial charge is 0.292 e. The topological polar surface area (TPSA) is 114 Å². The van der Waals surface area contributed by atoms with Crippen molar-refractivity contribution in [1.82, 2.24) is 4.90 Å². The van der Waals surface area contributed by atoms with Crippen molar-refractivity contribution in [3.8, 4) is 0 Å². The Hall–Kier alpha value is -3.75. The number of aliphatic imine (C=N–C) groups is 1. The van der Waals surface area contributed by atoms with E-state index in [-0.39, 0.29) is 17.3 Å². The van der Waals surface area contributed by atoms with Gasteiger partial charge in [-0.3, -0.25) is 24.8 Å².